The van der Waals surface area contributed by atoms with Gasteiger partial charge in [0, 0.05) is 26.2 Å². The third-order valence-electron chi connectivity index (χ3n) is 2.56. The van der Waals surface area contributed by atoms with Crippen LogP contribution in [0.3, 0.4) is 0 Å². The number of carbonyl (C=O) groups is 1. The van der Waals surface area contributed by atoms with Crippen molar-refractivity contribution in [2.24, 2.45) is 0 Å². The van der Waals surface area contributed by atoms with Crippen LogP contribution in [0.2, 0.25) is 0 Å². The summed E-state index contributed by atoms with van der Waals surface area (Å²) in [6.45, 7) is 6.48. The van der Waals surface area contributed by atoms with Crippen molar-refractivity contribution in [3.63, 3.8) is 0 Å². The van der Waals surface area contributed by atoms with E-state index in [-0.39, 0.29) is 11.4 Å². The van der Waals surface area contributed by atoms with E-state index in [0.717, 1.165) is 0 Å². The molecule has 106 valence electrons. The van der Waals surface area contributed by atoms with Gasteiger partial charge in [-0.15, -0.1) is 0 Å². The molecule has 1 amide bonds. The molecule has 0 spiro atoms. The van der Waals surface area contributed by atoms with Gasteiger partial charge >= 0.3 is 0 Å². The van der Waals surface area contributed by atoms with Crippen molar-refractivity contribution in [1.29, 1.82) is 0 Å². The highest BCUT2D eigenvalue weighted by Crippen LogP contribution is 2.12. The third kappa shape index (κ3) is 4.96. The van der Waals surface area contributed by atoms with Gasteiger partial charge in [0.1, 0.15) is 11.8 Å². The highest BCUT2D eigenvalue weighted by molar-refractivity contribution is 5.91. The molecule has 1 aromatic rings. The van der Waals surface area contributed by atoms with Gasteiger partial charge in [-0.1, -0.05) is 6.07 Å². The van der Waals surface area contributed by atoms with Crippen LogP contribution in [0, 0.1) is 0 Å². The molecule has 2 N–H and O–H groups in total. The Balaban J connectivity index is 2.79. The summed E-state index contributed by atoms with van der Waals surface area (Å²) >= 11 is 0. The Morgan fingerprint density at radius 2 is 2.05 bits per heavy atom. The number of pyridine rings is 1. The average Bonchev–Trinajstić information content (AvgIpc) is 2.34. The van der Waals surface area contributed by atoms with Gasteiger partial charge in [0.15, 0.2) is 0 Å². The van der Waals surface area contributed by atoms with Gasteiger partial charge < -0.3 is 15.3 Å². The Morgan fingerprint density at radius 3 is 2.58 bits per heavy atom. The van der Waals surface area contributed by atoms with E-state index < -0.39 is 6.10 Å². The number of hydrogen-bond acceptors (Lipinski definition) is 4. The minimum atomic E-state index is -0.728. The smallest absolute Gasteiger partial charge is 0.271 e. The second kappa shape index (κ2) is 6.12. The largest absolute Gasteiger partial charge is 0.385 e. The molecule has 0 aromatic carbocycles. The van der Waals surface area contributed by atoms with Crippen LogP contribution in [-0.2, 0) is 0 Å². The average molecular weight is 265 g/mol. The van der Waals surface area contributed by atoms with E-state index in [1.807, 2.05) is 20.8 Å². The van der Waals surface area contributed by atoms with Crippen molar-refractivity contribution in [3.8, 4) is 0 Å². The first-order valence-electron chi connectivity index (χ1n) is 6.32. The summed E-state index contributed by atoms with van der Waals surface area (Å²) in [4.78, 5) is 17.5. The molecule has 1 atom stereocenters. The zero-order chi connectivity index (χ0) is 14.6. The van der Waals surface area contributed by atoms with Gasteiger partial charge in [0.2, 0.25) is 0 Å². The summed E-state index contributed by atoms with van der Waals surface area (Å²) in [6.07, 6.45) is -0.728. The maximum Gasteiger partial charge on any atom is 0.271 e. The first-order valence-corrected chi connectivity index (χ1v) is 6.32. The van der Waals surface area contributed by atoms with E-state index in [4.69, 9.17) is 0 Å². The lowest BCUT2D eigenvalue weighted by Gasteiger charge is -2.22. The zero-order valence-corrected chi connectivity index (χ0v) is 12.3. The molecule has 1 aromatic heterocycles. The monoisotopic (exact) mass is 265 g/mol. The zero-order valence-electron chi connectivity index (χ0n) is 12.3. The standard InChI is InChI=1S/C14H23N3O2/c1-14(2,3)15-9-12(18)10-7-6-8-11(16-10)13(19)17(4)5/h6-8,12,15,18H,9H2,1-5H3/t12-/m0/s1. The predicted molar refractivity (Wildman–Crippen MR) is 75.0 cm³/mol. The fraction of sp³-hybridized carbons (Fsp3) is 0.571. The molecule has 0 aliphatic carbocycles. The van der Waals surface area contributed by atoms with Crippen LogP contribution < -0.4 is 5.32 Å². The van der Waals surface area contributed by atoms with Gasteiger partial charge in [-0.05, 0) is 32.9 Å². The highest BCUT2D eigenvalue weighted by Gasteiger charge is 2.16. The van der Waals surface area contributed by atoms with E-state index >= 15 is 0 Å². The number of nitrogens with zero attached hydrogens (tertiary/aromatic N) is 2. The Bertz CT molecular complexity index is 439. The summed E-state index contributed by atoms with van der Waals surface area (Å²) < 4.78 is 0. The number of β-amino-alcohol motifs (C(OH)–C–C–N with tert-alkyl or cyclic N) is 1. The molecule has 19 heavy (non-hydrogen) atoms. The maximum absolute atomic E-state index is 11.8. The van der Waals surface area contributed by atoms with Crippen LogP contribution in [0.4, 0.5) is 0 Å². The molecular formula is C14H23N3O2. The number of aliphatic hydroxyl groups excluding tert-OH is 1. The predicted octanol–water partition coefficient (Wildman–Crippen LogP) is 1.20. The van der Waals surface area contributed by atoms with Crippen molar-refractivity contribution in [2.45, 2.75) is 32.4 Å². The van der Waals surface area contributed by atoms with Crippen LogP contribution >= 0.6 is 0 Å². The molecule has 0 aliphatic rings. The topological polar surface area (TPSA) is 65.5 Å². The van der Waals surface area contributed by atoms with Gasteiger partial charge in [-0.3, -0.25) is 4.79 Å². The lowest BCUT2D eigenvalue weighted by atomic mass is 10.1. The summed E-state index contributed by atoms with van der Waals surface area (Å²) in [5.74, 6) is -0.169. The van der Waals surface area contributed by atoms with Crippen LogP contribution in [-0.4, -0.2) is 47.1 Å². The lowest BCUT2D eigenvalue weighted by molar-refractivity contribution is 0.0820. The number of amides is 1. The number of aromatic nitrogens is 1. The fourth-order valence-electron chi connectivity index (χ4n) is 1.49. The van der Waals surface area contributed by atoms with E-state index in [9.17, 15) is 9.90 Å². The Morgan fingerprint density at radius 1 is 1.42 bits per heavy atom. The molecule has 0 unspecified atom stereocenters. The number of carbonyl (C=O) groups excluding carboxylic acids is 1. The summed E-state index contributed by atoms with van der Waals surface area (Å²) in [7, 11) is 3.35. The SMILES string of the molecule is CN(C)C(=O)c1cccc([C@@H](O)CNC(C)(C)C)n1. The van der Waals surface area contributed by atoms with Crippen LogP contribution in [0.5, 0.6) is 0 Å². The minimum Gasteiger partial charge on any atom is -0.385 e. The van der Waals surface area contributed by atoms with Crippen molar-refractivity contribution in [3.05, 3.63) is 29.6 Å². The quantitative estimate of drug-likeness (QED) is 0.858. The lowest BCUT2D eigenvalue weighted by Crippen LogP contribution is -2.38. The van der Waals surface area contributed by atoms with Crippen LogP contribution in [0.15, 0.2) is 18.2 Å². The Kier molecular flexibility index (Phi) is 5.03. The molecule has 5 nitrogen and oxygen atoms in total. The van der Waals surface area contributed by atoms with Gasteiger partial charge in [0.05, 0.1) is 5.69 Å². The van der Waals surface area contributed by atoms with Crippen molar-refractivity contribution in [1.82, 2.24) is 15.2 Å². The molecule has 1 heterocycles. The Labute approximate surface area is 114 Å². The molecule has 0 radical (unpaired) electrons. The van der Waals surface area contributed by atoms with Gasteiger partial charge in [-0.25, -0.2) is 4.98 Å². The molecule has 0 aliphatic heterocycles. The number of aliphatic hydroxyl groups is 1. The molecule has 5 heteroatoms. The number of rotatable bonds is 4. The minimum absolute atomic E-state index is 0.0714. The number of hydrogen-bond donors (Lipinski definition) is 2. The highest BCUT2D eigenvalue weighted by atomic mass is 16.3. The van der Waals surface area contributed by atoms with Gasteiger partial charge in [-0.2, -0.15) is 0 Å². The van der Waals surface area contributed by atoms with Crippen LogP contribution in [0.25, 0.3) is 0 Å². The summed E-state index contributed by atoms with van der Waals surface area (Å²) in [5.41, 5.74) is 0.777. The van der Waals surface area contributed by atoms with Gasteiger partial charge in [0.25, 0.3) is 5.91 Å². The maximum atomic E-state index is 11.8. The number of nitrogens with one attached hydrogen (secondary N) is 1. The van der Waals surface area contributed by atoms with E-state index in [0.29, 0.717) is 17.9 Å². The third-order valence-corrected chi connectivity index (χ3v) is 2.56. The second-order valence-corrected chi connectivity index (χ2v) is 5.79. The summed E-state index contributed by atoms with van der Waals surface area (Å²) in [6, 6.07) is 5.11. The molecule has 0 saturated carbocycles. The van der Waals surface area contributed by atoms with Crippen molar-refractivity contribution < 1.29 is 9.90 Å². The second-order valence-electron chi connectivity index (χ2n) is 5.79. The molecule has 0 bridgehead atoms. The van der Waals surface area contributed by atoms with Crippen LogP contribution in [0.1, 0.15) is 43.1 Å². The van der Waals surface area contributed by atoms with E-state index in [1.54, 1.807) is 32.3 Å². The molecule has 0 saturated heterocycles. The molecule has 1 rings (SSSR count). The summed E-state index contributed by atoms with van der Waals surface area (Å²) in [5, 5.41) is 13.3. The normalized spacial score (nSPS) is 13.2. The first kappa shape index (κ1) is 15.6. The molecule has 0 fully saturated rings. The molecular weight excluding hydrogens is 242 g/mol. The fourth-order valence-corrected chi connectivity index (χ4v) is 1.49. The van der Waals surface area contributed by atoms with Crippen molar-refractivity contribution >= 4 is 5.91 Å². The van der Waals surface area contributed by atoms with E-state index in [2.05, 4.69) is 10.3 Å². The van der Waals surface area contributed by atoms with E-state index in [1.165, 1.54) is 4.90 Å². The first-order chi connectivity index (χ1) is 8.70. The van der Waals surface area contributed by atoms with Crippen molar-refractivity contribution in [2.75, 3.05) is 20.6 Å². The Hall–Kier alpha value is -1.46.